The molecule has 0 amide bonds. The standard InChI is InChI=1S/C34H32NO.ClH/c36-34(32-19-9-7-17-30(32)31-18-8-10-20-33(31)34)22-11-12-23-35(25-27-13-3-1-4-14-27)24-21-29(26-35)28-15-5-2-6-16-28;/h1-10,13-20,29,36H,21-26H2;1H/q+1;/p-1. The van der Waals surface area contributed by atoms with E-state index in [9.17, 15) is 5.11 Å². The Balaban J connectivity index is 0.00000280. The fraction of sp³-hybridized carbons (Fsp3) is 0.235. The lowest BCUT2D eigenvalue weighted by Gasteiger charge is -2.33. The van der Waals surface area contributed by atoms with Gasteiger partial charge < -0.3 is 22.0 Å². The van der Waals surface area contributed by atoms with E-state index in [-0.39, 0.29) is 12.4 Å². The van der Waals surface area contributed by atoms with Crippen LogP contribution in [0.25, 0.3) is 11.1 Å². The molecule has 4 aromatic rings. The molecule has 37 heavy (non-hydrogen) atoms. The predicted octanol–water partition coefficient (Wildman–Crippen LogP) is 3.50. The van der Waals surface area contributed by atoms with Crippen molar-refractivity contribution in [2.45, 2.75) is 30.9 Å². The maximum atomic E-state index is 11.9. The summed E-state index contributed by atoms with van der Waals surface area (Å²) in [6.07, 6.45) is 1.59. The second-order valence-corrected chi connectivity index (χ2v) is 10.4. The highest BCUT2D eigenvalue weighted by Gasteiger charge is 2.41. The zero-order chi connectivity index (χ0) is 24.4. The summed E-state index contributed by atoms with van der Waals surface area (Å²) in [5.41, 5.74) is 5.93. The van der Waals surface area contributed by atoms with E-state index < -0.39 is 5.60 Å². The van der Waals surface area contributed by atoms with Crippen LogP contribution in [0.4, 0.5) is 0 Å². The number of aliphatic hydroxyl groups is 1. The van der Waals surface area contributed by atoms with Crippen LogP contribution in [0.15, 0.2) is 109 Å². The Morgan fingerprint density at radius 1 is 0.730 bits per heavy atom. The Morgan fingerprint density at radius 2 is 1.30 bits per heavy atom. The third-order valence-corrected chi connectivity index (χ3v) is 8.11. The van der Waals surface area contributed by atoms with Gasteiger partial charge in [-0.05, 0) is 33.7 Å². The van der Waals surface area contributed by atoms with Crippen LogP contribution in [0.1, 0.15) is 41.0 Å². The second-order valence-electron chi connectivity index (χ2n) is 10.4. The molecule has 1 fully saturated rings. The number of quaternary nitrogens is 1. The lowest BCUT2D eigenvalue weighted by Crippen LogP contribution is -3.00. The molecule has 1 saturated heterocycles. The molecule has 1 heterocycles. The van der Waals surface area contributed by atoms with Crippen LogP contribution in [0, 0.1) is 11.8 Å². The Morgan fingerprint density at radius 3 is 1.95 bits per heavy atom. The molecule has 186 valence electrons. The lowest BCUT2D eigenvalue weighted by atomic mass is 9.88. The maximum Gasteiger partial charge on any atom is 0.141 e. The molecule has 1 N–H and O–H groups in total. The van der Waals surface area contributed by atoms with Gasteiger partial charge in [0.05, 0.1) is 13.1 Å². The summed E-state index contributed by atoms with van der Waals surface area (Å²) >= 11 is 0. The molecular formula is C34H32ClNO. The molecule has 0 radical (unpaired) electrons. The molecule has 1 aliphatic heterocycles. The molecule has 2 aliphatic rings. The van der Waals surface area contributed by atoms with Crippen LogP contribution in [0.5, 0.6) is 0 Å². The van der Waals surface area contributed by atoms with Crippen molar-refractivity contribution >= 4 is 0 Å². The van der Waals surface area contributed by atoms with Gasteiger partial charge in [0.25, 0.3) is 0 Å². The molecule has 2 nitrogen and oxygen atoms in total. The molecule has 0 spiro atoms. The van der Waals surface area contributed by atoms with E-state index in [4.69, 9.17) is 0 Å². The van der Waals surface area contributed by atoms with Crippen LogP contribution < -0.4 is 12.4 Å². The molecule has 3 heteroatoms. The van der Waals surface area contributed by atoms with Crippen molar-refractivity contribution in [1.29, 1.82) is 0 Å². The Bertz CT molecular complexity index is 1380. The van der Waals surface area contributed by atoms with E-state index in [1.165, 1.54) is 17.5 Å². The summed E-state index contributed by atoms with van der Waals surface area (Å²) in [5, 5.41) is 11.9. The Kier molecular flexibility index (Phi) is 7.22. The van der Waals surface area contributed by atoms with Gasteiger partial charge in [-0.15, -0.1) is 0 Å². The third kappa shape index (κ3) is 4.83. The van der Waals surface area contributed by atoms with Gasteiger partial charge in [-0.25, -0.2) is 0 Å². The van der Waals surface area contributed by atoms with Crippen molar-refractivity contribution < 1.29 is 22.0 Å². The summed E-state index contributed by atoms with van der Waals surface area (Å²) in [5.74, 6) is 7.53. The van der Waals surface area contributed by atoms with Gasteiger partial charge in [0, 0.05) is 24.3 Å². The van der Waals surface area contributed by atoms with E-state index in [0.717, 1.165) is 52.9 Å². The molecule has 1 aliphatic carbocycles. The summed E-state index contributed by atoms with van der Waals surface area (Å²) < 4.78 is 0.974. The van der Waals surface area contributed by atoms with Gasteiger partial charge in [0.15, 0.2) is 0 Å². The highest BCUT2D eigenvalue weighted by Crippen LogP contribution is 2.48. The number of hydrogen-bond donors (Lipinski definition) is 1. The third-order valence-electron chi connectivity index (χ3n) is 8.11. The quantitative estimate of drug-likeness (QED) is 0.325. The number of hydrogen-bond acceptors (Lipinski definition) is 1. The van der Waals surface area contributed by atoms with E-state index in [1.54, 1.807) is 0 Å². The SMILES string of the molecule is OC1(CC#CC[N+]2(Cc3ccccc3)CCC(c3ccccc3)C2)c2ccccc2-c2ccccc21.[Cl-]. The summed E-state index contributed by atoms with van der Waals surface area (Å²) in [6.45, 7) is 4.02. The monoisotopic (exact) mass is 505 g/mol. The fourth-order valence-electron chi connectivity index (χ4n) is 6.30. The number of nitrogens with zero attached hydrogens (tertiary/aromatic N) is 1. The number of fused-ring (bicyclic) bond motifs is 3. The smallest absolute Gasteiger partial charge is 0.141 e. The topological polar surface area (TPSA) is 20.2 Å². The predicted molar refractivity (Wildman–Crippen MR) is 146 cm³/mol. The molecule has 2 unspecified atom stereocenters. The van der Waals surface area contributed by atoms with Crippen LogP contribution in [-0.2, 0) is 12.1 Å². The first kappa shape index (κ1) is 25.3. The first-order valence-corrected chi connectivity index (χ1v) is 13.0. The summed E-state index contributed by atoms with van der Waals surface area (Å²) in [4.78, 5) is 0. The summed E-state index contributed by atoms with van der Waals surface area (Å²) in [6, 6.07) is 38.2. The van der Waals surface area contributed by atoms with Gasteiger partial charge in [-0.3, -0.25) is 0 Å². The number of halogens is 1. The first-order chi connectivity index (χ1) is 17.7. The van der Waals surface area contributed by atoms with Crippen molar-refractivity contribution in [3.8, 4) is 23.0 Å². The van der Waals surface area contributed by atoms with Gasteiger partial charge in [0.2, 0.25) is 0 Å². The van der Waals surface area contributed by atoms with Crippen molar-refractivity contribution in [2.75, 3.05) is 19.6 Å². The van der Waals surface area contributed by atoms with E-state index in [2.05, 4.69) is 84.6 Å². The molecule has 0 aromatic heterocycles. The van der Waals surface area contributed by atoms with Crippen molar-refractivity contribution in [3.05, 3.63) is 131 Å². The van der Waals surface area contributed by atoms with Crippen LogP contribution in [0.2, 0.25) is 0 Å². The fourth-order valence-corrected chi connectivity index (χ4v) is 6.30. The van der Waals surface area contributed by atoms with Gasteiger partial charge in [-0.1, -0.05) is 115 Å². The average Bonchev–Trinajstić information content (AvgIpc) is 3.46. The normalized spacial score (nSPS) is 20.7. The number of likely N-dealkylation sites (tertiary alicyclic amines) is 1. The summed E-state index contributed by atoms with van der Waals surface area (Å²) in [7, 11) is 0. The van der Waals surface area contributed by atoms with Crippen LogP contribution in [0.3, 0.4) is 0 Å². The van der Waals surface area contributed by atoms with Crippen LogP contribution in [-0.4, -0.2) is 29.2 Å². The minimum atomic E-state index is -1.05. The van der Waals surface area contributed by atoms with Gasteiger partial charge >= 0.3 is 0 Å². The van der Waals surface area contributed by atoms with E-state index >= 15 is 0 Å². The van der Waals surface area contributed by atoms with Crippen LogP contribution >= 0.6 is 0 Å². The van der Waals surface area contributed by atoms with Crippen molar-refractivity contribution in [2.24, 2.45) is 0 Å². The number of rotatable bonds is 5. The van der Waals surface area contributed by atoms with E-state index in [0.29, 0.717) is 12.3 Å². The highest BCUT2D eigenvalue weighted by molar-refractivity contribution is 5.80. The minimum Gasteiger partial charge on any atom is -1.00 e. The first-order valence-electron chi connectivity index (χ1n) is 13.0. The largest absolute Gasteiger partial charge is 1.00 e. The van der Waals surface area contributed by atoms with Crippen molar-refractivity contribution in [1.82, 2.24) is 0 Å². The molecule has 4 aromatic carbocycles. The lowest BCUT2D eigenvalue weighted by molar-refractivity contribution is -0.923. The Hall–Kier alpha value is -3.35. The molecular weight excluding hydrogens is 474 g/mol. The molecule has 0 bridgehead atoms. The molecule has 6 rings (SSSR count). The number of benzene rings is 4. The Labute approximate surface area is 226 Å². The van der Waals surface area contributed by atoms with Crippen molar-refractivity contribution in [3.63, 3.8) is 0 Å². The van der Waals surface area contributed by atoms with Gasteiger partial charge in [0.1, 0.15) is 18.7 Å². The zero-order valence-corrected chi connectivity index (χ0v) is 21.7. The minimum absolute atomic E-state index is 0. The average molecular weight is 506 g/mol. The van der Waals surface area contributed by atoms with E-state index in [1.807, 2.05) is 36.4 Å². The molecule has 0 saturated carbocycles. The zero-order valence-electron chi connectivity index (χ0n) is 21.0. The highest BCUT2D eigenvalue weighted by atomic mass is 35.5. The molecule has 2 atom stereocenters. The maximum absolute atomic E-state index is 11.9. The van der Waals surface area contributed by atoms with Gasteiger partial charge in [-0.2, -0.15) is 0 Å². The second kappa shape index (κ2) is 10.6.